The second-order valence-electron chi connectivity index (χ2n) is 8.12. The summed E-state index contributed by atoms with van der Waals surface area (Å²) < 4.78 is 19.0. The number of alkyl carbamates (subject to hydrolysis) is 1. The van der Waals surface area contributed by atoms with Gasteiger partial charge in [0, 0.05) is 18.7 Å². The van der Waals surface area contributed by atoms with E-state index in [9.17, 15) is 14.3 Å². The number of nitrogens with one attached hydrogen (secondary N) is 3. The highest BCUT2D eigenvalue weighted by Crippen LogP contribution is 2.15. The Morgan fingerprint density at radius 2 is 1.86 bits per heavy atom. The molecule has 1 atom stereocenters. The molecule has 1 rings (SSSR count). The van der Waals surface area contributed by atoms with Gasteiger partial charge in [-0.1, -0.05) is 18.2 Å². The first-order valence-corrected chi connectivity index (χ1v) is 9.39. The zero-order valence-corrected chi connectivity index (χ0v) is 17.6. The summed E-state index contributed by atoms with van der Waals surface area (Å²) in [5, 5.41) is 19.0. The minimum Gasteiger partial charge on any atom is -0.444 e. The molecule has 0 saturated carbocycles. The van der Waals surface area contributed by atoms with Crippen molar-refractivity contribution in [1.29, 1.82) is 0 Å². The summed E-state index contributed by atoms with van der Waals surface area (Å²) >= 11 is 0. The molecular weight excluding hydrogens is 363 g/mol. The number of hydrogen-bond donors (Lipinski definition) is 4. The first kappa shape index (κ1) is 23.7. The fraction of sp³-hybridized carbons (Fsp3) is 0.600. The number of hydrogen-bond acceptors (Lipinski definition) is 4. The summed E-state index contributed by atoms with van der Waals surface area (Å²) in [4.78, 5) is 16.4. The SMILES string of the molecule is CCNC(=NCC(C)(C)NC(=O)OC(C)(C)C)NCC(O)c1ccccc1F. The fourth-order valence-corrected chi connectivity index (χ4v) is 2.29. The van der Waals surface area contributed by atoms with Gasteiger partial charge in [0.25, 0.3) is 0 Å². The van der Waals surface area contributed by atoms with Gasteiger partial charge in [-0.15, -0.1) is 0 Å². The molecular formula is C20H33FN4O3. The molecule has 28 heavy (non-hydrogen) atoms. The van der Waals surface area contributed by atoms with E-state index < -0.39 is 29.2 Å². The first-order valence-electron chi connectivity index (χ1n) is 9.39. The van der Waals surface area contributed by atoms with Crippen LogP contribution in [0.25, 0.3) is 0 Å². The molecule has 0 aliphatic carbocycles. The summed E-state index contributed by atoms with van der Waals surface area (Å²) in [6.45, 7) is 11.9. The Morgan fingerprint density at radius 3 is 2.43 bits per heavy atom. The minimum absolute atomic E-state index is 0.0900. The Hall–Kier alpha value is -2.35. The number of halogens is 1. The number of carbonyl (C=O) groups excluding carboxylic acids is 1. The molecule has 0 radical (unpaired) electrons. The molecule has 8 heteroatoms. The third-order valence-corrected chi connectivity index (χ3v) is 3.54. The van der Waals surface area contributed by atoms with Crippen molar-refractivity contribution in [2.75, 3.05) is 19.6 Å². The van der Waals surface area contributed by atoms with E-state index in [1.54, 1.807) is 39.0 Å². The van der Waals surface area contributed by atoms with Crippen LogP contribution in [0.1, 0.15) is 53.2 Å². The monoisotopic (exact) mass is 396 g/mol. The molecule has 158 valence electrons. The average Bonchev–Trinajstić information content (AvgIpc) is 2.55. The number of ether oxygens (including phenoxy) is 1. The summed E-state index contributed by atoms with van der Waals surface area (Å²) in [6.07, 6.45) is -1.53. The summed E-state index contributed by atoms with van der Waals surface area (Å²) in [5.41, 5.74) is -1.00. The van der Waals surface area contributed by atoms with E-state index in [1.165, 1.54) is 6.07 Å². The van der Waals surface area contributed by atoms with Gasteiger partial charge in [-0.05, 0) is 47.6 Å². The number of aliphatic hydroxyl groups excluding tert-OH is 1. The number of aliphatic imine (C=N–C) groups is 1. The van der Waals surface area contributed by atoms with Crippen molar-refractivity contribution in [3.05, 3.63) is 35.6 Å². The molecule has 1 unspecified atom stereocenters. The molecule has 0 heterocycles. The molecule has 1 aromatic rings. The third-order valence-electron chi connectivity index (χ3n) is 3.54. The lowest BCUT2D eigenvalue weighted by Gasteiger charge is -2.27. The second kappa shape index (κ2) is 10.3. The molecule has 0 saturated heterocycles. The van der Waals surface area contributed by atoms with Crippen molar-refractivity contribution < 1.29 is 19.0 Å². The largest absolute Gasteiger partial charge is 0.444 e. The van der Waals surface area contributed by atoms with Crippen molar-refractivity contribution in [2.45, 2.75) is 58.8 Å². The molecule has 0 aliphatic rings. The highest BCUT2D eigenvalue weighted by atomic mass is 19.1. The molecule has 1 aromatic carbocycles. The van der Waals surface area contributed by atoms with Gasteiger partial charge in [0.1, 0.15) is 11.4 Å². The molecule has 0 bridgehead atoms. The highest BCUT2D eigenvalue weighted by Gasteiger charge is 2.24. The van der Waals surface area contributed by atoms with E-state index in [-0.39, 0.29) is 18.7 Å². The number of aliphatic hydroxyl groups is 1. The normalized spacial score (nSPS) is 13.6. The van der Waals surface area contributed by atoms with Gasteiger partial charge in [0.05, 0.1) is 18.2 Å². The smallest absolute Gasteiger partial charge is 0.408 e. The minimum atomic E-state index is -1.02. The van der Waals surface area contributed by atoms with Gasteiger partial charge < -0.3 is 25.8 Å². The van der Waals surface area contributed by atoms with Gasteiger partial charge in [0.15, 0.2) is 5.96 Å². The number of rotatable bonds is 7. The van der Waals surface area contributed by atoms with Crippen LogP contribution in [0.2, 0.25) is 0 Å². The fourth-order valence-electron chi connectivity index (χ4n) is 2.29. The predicted molar refractivity (Wildman–Crippen MR) is 109 cm³/mol. The van der Waals surface area contributed by atoms with E-state index in [0.29, 0.717) is 12.5 Å². The zero-order chi connectivity index (χ0) is 21.4. The van der Waals surface area contributed by atoms with E-state index >= 15 is 0 Å². The molecule has 0 aromatic heterocycles. The van der Waals surface area contributed by atoms with Crippen LogP contribution < -0.4 is 16.0 Å². The Morgan fingerprint density at radius 1 is 1.21 bits per heavy atom. The molecule has 7 nitrogen and oxygen atoms in total. The maximum atomic E-state index is 13.8. The van der Waals surface area contributed by atoms with Crippen molar-refractivity contribution in [1.82, 2.24) is 16.0 Å². The van der Waals surface area contributed by atoms with Crippen LogP contribution in [0, 0.1) is 5.82 Å². The number of benzene rings is 1. The van der Waals surface area contributed by atoms with Gasteiger partial charge in [-0.25, -0.2) is 9.18 Å². The second-order valence-corrected chi connectivity index (χ2v) is 8.12. The van der Waals surface area contributed by atoms with E-state index in [1.807, 2.05) is 20.8 Å². The molecule has 0 aliphatic heterocycles. The Bertz CT molecular complexity index is 672. The topological polar surface area (TPSA) is 95.0 Å². The summed E-state index contributed by atoms with van der Waals surface area (Å²) in [5.74, 6) is -0.00149. The van der Waals surface area contributed by atoms with Crippen LogP contribution in [0.4, 0.5) is 9.18 Å². The van der Waals surface area contributed by atoms with Crippen LogP contribution in [0.15, 0.2) is 29.3 Å². The molecule has 1 amide bonds. The third kappa shape index (κ3) is 9.03. The summed E-state index contributed by atoms with van der Waals surface area (Å²) in [7, 11) is 0. The van der Waals surface area contributed by atoms with Crippen molar-refractivity contribution in [3.63, 3.8) is 0 Å². The molecule has 4 N–H and O–H groups in total. The summed E-state index contributed by atoms with van der Waals surface area (Å²) in [6, 6.07) is 6.10. The highest BCUT2D eigenvalue weighted by molar-refractivity contribution is 5.80. The quantitative estimate of drug-likeness (QED) is 0.420. The lowest BCUT2D eigenvalue weighted by molar-refractivity contribution is 0.0476. The van der Waals surface area contributed by atoms with Gasteiger partial charge in [0.2, 0.25) is 0 Å². The maximum Gasteiger partial charge on any atom is 0.408 e. The van der Waals surface area contributed by atoms with Gasteiger partial charge >= 0.3 is 6.09 Å². The van der Waals surface area contributed by atoms with Crippen molar-refractivity contribution in [2.24, 2.45) is 4.99 Å². The lowest BCUT2D eigenvalue weighted by Crippen LogP contribution is -2.49. The van der Waals surface area contributed by atoms with E-state index in [0.717, 1.165) is 0 Å². The van der Waals surface area contributed by atoms with E-state index in [4.69, 9.17) is 4.74 Å². The lowest BCUT2D eigenvalue weighted by atomic mass is 10.1. The van der Waals surface area contributed by atoms with Crippen LogP contribution in [-0.4, -0.2) is 47.9 Å². The first-order chi connectivity index (χ1) is 12.9. The number of nitrogens with zero attached hydrogens (tertiary/aromatic N) is 1. The Balaban J connectivity index is 2.67. The maximum absolute atomic E-state index is 13.8. The Labute approximate surface area is 166 Å². The number of amides is 1. The molecule has 0 fully saturated rings. The predicted octanol–water partition coefficient (Wildman–Crippen LogP) is 2.72. The van der Waals surface area contributed by atoms with Crippen LogP contribution >= 0.6 is 0 Å². The number of carbonyl (C=O) groups is 1. The Kier molecular flexibility index (Phi) is 8.68. The zero-order valence-electron chi connectivity index (χ0n) is 17.6. The molecule has 0 spiro atoms. The van der Waals surface area contributed by atoms with E-state index in [2.05, 4.69) is 20.9 Å². The van der Waals surface area contributed by atoms with Gasteiger partial charge in [-0.2, -0.15) is 0 Å². The number of guanidine groups is 1. The van der Waals surface area contributed by atoms with Gasteiger partial charge in [-0.3, -0.25) is 4.99 Å². The van der Waals surface area contributed by atoms with Crippen LogP contribution in [0.5, 0.6) is 0 Å². The van der Waals surface area contributed by atoms with Crippen molar-refractivity contribution in [3.8, 4) is 0 Å². The van der Waals surface area contributed by atoms with Crippen LogP contribution in [-0.2, 0) is 4.74 Å². The average molecular weight is 397 g/mol. The van der Waals surface area contributed by atoms with Crippen LogP contribution in [0.3, 0.4) is 0 Å². The standard InChI is InChI=1S/C20H33FN4O3/c1-7-22-17(23-12-16(26)14-10-8-9-11-15(14)21)24-13-20(5,6)25-18(27)28-19(2,3)4/h8-11,16,26H,7,12-13H2,1-6H3,(H,25,27)(H2,22,23,24). The van der Waals surface area contributed by atoms with Crippen molar-refractivity contribution >= 4 is 12.1 Å².